The molecular formula is C17H21N3O3. The summed E-state index contributed by atoms with van der Waals surface area (Å²) in [5.74, 6) is -0.0109. The molecule has 122 valence electrons. The lowest BCUT2D eigenvalue weighted by Gasteiger charge is -2.17. The van der Waals surface area contributed by atoms with Crippen LogP contribution in [0.15, 0.2) is 34.9 Å². The van der Waals surface area contributed by atoms with Crippen LogP contribution in [0, 0.1) is 13.8 Å². The van der Waals surface area contributed by atoms with Crippen LogP contribution in [0.2, 0.25) is 0 Å². The van der Waals surface area contributed by atoms with E-state index in [4.69, 9.17) is 10.2 Å². The highest BCUT2D eigenvalue weighted by atomic mass is 16.3. The maximum atomic E-state index is 12.2. The molecule has 0 aliphatic heterocycles. The van der Waals surface area contributed by atoms with Crippen molar-refractivity contribution < 1.29 is 14.0 Å². The van der Waals surface area contributed by atoms with E-state index in [1.54, 1.807) is 13.1 Å². The Hall–Kier alpha value is -2.60. The number of carbonyl (C=O) groups excluding carboxylic acids is 2. The molecule has 23 heavy (non-hydrogen) atoms. The predicted molar refractivity (Wildman–Crippen MR) is 88.1 cm³/mol. The van der Waals surface area contributed by atoms with E-state index in [1.165, 1.54) is 11.2 Å². The van der Waals surface area contributed by atoms with Gasteiger partial charge >= 0.3 is 0 Å². The third-order valence-electron chi connectivity index (χ3n) is 3.71. The van der Waals surface area contributed by atoms with E-state index in [2.05, 4.69) is 5.32 Å². The van der Waals surface area contributed by atoms with E-state index in [1.807, 2.05) is 32.0 Å². The molecule has 6 nitrogen and oxygen atoms in total. The minimum absolute atomic E-state index is 0.0463. The molecule has 0 atom stereocenters. The average molecular weight is 315 g/mol. The van der Waals surface area contributed by atoms with Gasteiger partial charge in [-0.1, -0.05) is 12.1 Å². The van der Waals surface area contributed by atoms with E-state index in [-0.39, 0.29) is 24.9 Å². The molecular weight excluding hydrogens is 294 g/mol. The van der Waals surface area contributed by atoms with Gasteiger partial charge in [0.1, 0.15) is 12.0 Å². The zero-order valence-electron chi connectivity index (χ0n) is 13.6. The first-order chi connectivity index (χ1) is 10.9. The molecule has 2 amide bonds. The number of nitrogens with two attached hydrogens (primary N) is 1. The van der Waals surface area contributed by atoms with Crippen LogP contribution in [-0.2, 0) is 11.3 Å². The fourth-order valence-electron chi connectivity index (χ4n) is 2.18. The van der Waals surface area contributed by atoms with E-state index < -0.39 is 0 Å². The first-order valence-electron chi connectivity index (χ1n) is 7.31. The number of aryl methyl sites for hydroxylation is 1. The summed E-state index contributed by atoms with van der Waals surface area (Å²) in [6.07, 6.45) is 1.35. The first kappa shape index (κ1) is 16.8. The van der Waals surface area contributed by atoms with Crippen molar-refractivity contribution in [3.05, 3.63) is 53.0 Å². The quantitative estimate of drug-likeness (QED) is 0.884. The van der Waals surface area contributed by atoms with E-state index in [0.717, 1.165) is 16.8 Å². The molecule has 1 heterocycles. The van der Waals surface area contributed by atoms with Crippen molar-refractivity contribution in [3.63, 3.8) is 0 Å². The molecule has 0 saturated heterocycles. The molecule has 0 spiro atoms. The summed E-state index contributed by atoms with van der Waals surface area (Å²) in [4.78, 5) is 25.7. The zero-order chi connectivity index (χ0) is 17.0. The molecule has 0 aliphatic rings. The predicted octanol–water partition coefficient (Wildman–Crippen LogP) is 2.07. The molecule has 2 rings (SSSR count). The van der Waals surface area contributed by atoms with Crippen molar-refractivity contribution in [2.75, 3.05) is 18.9 Å². The van der Waals surface area contributed by atoms with Gasteiger partial charge in [-0.2, -0.15) is 0 Å². The number of furan rings is 1. The number of hydrogen-bond donors (Lipinski definition) is 2. The lowest BCUT2D eigenvalue weighted by molar-refractivity contribution is -0.116. The van der Waals surface area contributed by atoms with Crippen LogP contribution in [0.5, 0.6) is 0 Å². The number of likely N-dealkylation sites (N-methyl/N-ethyl adjacent to an activating group) is 1. The second-order valence-corrected chi connectivity index (χ2v) is 5.46. The van der Waals surface area contributed by atoms with Gasteiger partial charge < -0.3 is 20.4 Å². The third-order valence-corrected chi connectivity index (χ3v) is 3.71. The number of anilines is 1. The summed E-state index contributed by atoms with van der Waals surface area (Å²) in [5, 5.41) is 2.83. The number of rotatable bonds is 5. The van der Waals surface area contributed by atoms with Crippen LogP contribution in [0.1, 0.15) is 27.2 Å². The summed E-state index contributed by atoms with van der Waals surface area (Å²) in [6, 6.07) is 7.29. The number of carbonyl (C=O) groups is 2. The summed E-state index contributed by atoms with van der Waals surface area (Å²) in [6.45, 7) is 4.10. The van der Waals surface area contributed by atoms with Crippen LogP contribution < -0.4 is 11.1 Å². The maximum absolute atomic E-state index is 12.2. The molecule has 2 aromatic rings. The minimum atomic E-state index is -0.287. The summed E-state index contributed by atoms with van der Waals surface area (Å²) in [7, 11) is 1.57. The Bertz CT molecular complexity index is 722. The van der Waals surface area contributed by atoms with Crippen molar-refractivity contribution in [1.82, 2.24) is 4.90 Å². The van der Waals surface area contributed by atoms with E-state index in [9.17, 15) is 9.59 Å². The van der Waals surface area contributed by atoms with Crippen molar-refractivity contribution in [1.29, 1.82) is 0 Å². The molecule has 0 saturated carbocycles. The Morgan fingerprint density at radius 2 is 2.04 bits per heavy atom. The van der Waals surface area contributed by atoms with Gasteiger partial charge in [-0.25, -0.2) is 0 Å². The van der Waals surface area contributed by atoms with Gasteiger partial charge in [0.2, 0.25) is 5.91 Å². The van der Waals surface area contributed by atoms with Crippen molar-refractivity contribution >= 4 is 17.5 Å². The second-order valence-electron chi connectivity index (χ2n) is 5.46. The summed E-state index contributed by atoms with van der Waals surface area (Å²) in [5.41, 5.74) is 8.69. The smallest absolute Gasteiger partial charge is 0.257 e. The highest BCUT2D eigenvalue weighted by molar-refractivity contribution is 5.99. The number of amides is 2. The van der Waals surface area contributed by atoms with Gasteiger partial charge in [-0.15, -0.1) is 0 Å². The number of nitrogens with zero attached hydrogens (tertiary/aromatic N) is 1. The fraction of sp³-hybridized carbons (Fsp3) is 0.294. The molecule has 1 aromatic carbocycles. The number of benzene rings is 1. The highest BCUT2D eigenvalue weighted by Gasteiger charge is 2.17. The van der Waals surface area contributed by atoms with Gasteiger partial charge in [-0.3, -0.25) is 9.59 Å². The SMILES string of the molecule is Cc1cccc(NC(=O)CN(C)C(=O)c2coc(CN)c2)c1C. The standard InChI is InChI=1S/C17H21N3O3/c1-11-5-4-6-15(12(11)2)19-16(21)9-20(3)17(22)13-7-14(8-18)23-10-13/h4-7,10H,8-9,18H2,1-3H3,(H,19,21). The fourth-order valence-corrected chi connectivity index (χ4v) is 2.18. The van der Waals surface area contributed by atoms with Gasteiger partial charge in [0.25, 0.3) is 5.91 Å². The third kappa shape index (κ3) is 3.98. The Morgan fingerprint density at radius 3 is 2.70 bits per heavy atom. The number of nitrogens with one attached hydrogen (secondary N) is 1. The molecule has 0 bridgehead atoms. The normalized spacial score (nSPS) is 10.4. The van der Waals surface area contributed by atoms with Gasteiger partial charge in [0.15, 0.2) is 0 Å². The molecule has 0 fully saturated rings. The summed E-state index contributed by atoms with van der Waals surface area (Å²) >= 11 is 0. The van der Waals surface area contributed by atoms with Gasteiger partial charge in [0.05, 0.1) is 18.7 Å². The van der Waals surface area contributed by atoms with Crippen LogP contribution in [-0.4, -0.2) is 30.3 Å². The molecule has 3 N–H and O–H groups in total. The topological polar surface area (TPSA) is 88.6 Å². The van der Waals surface area contributed by atoms with Crippen LogP contribution in [0.3, 0.4) is 0 Å². The lowest BCUT2D eigenvalue weighted by Crippen LogP contribution is -2.34. The van der Waals surface area contributed by atoms with E-state index in [0.29, 0.717) is 11.3 Å². The Morgan fingerprint density at radius 1 is 1.30 bits per heavy atom. The highest BCUT2D eigenvalue weighted by Crippen LogP contribution is 2.18. The number of hydrogen-bond acceptors (Lipinski definition) is 4. The largest absolute Gasteiger partial charge is 0.467 e. The Kier molecular flexibility index (Phi) is 5.18. The molecule has 0 aliphatic carbocycles. The van der Waals surface area contributed by atoms with Gasteiger partial charge in [-0.05, 0) is 37.1 Å². The van der Waals surface area contributed by atoms with Crippen molar-refractivity contribution in [3.8, 4) is 0 Å². The minimum Gasteiger partial charge on any atom is -0.467 e. The molecule has 0 radical (unpaired) electrons. The lowest BCUT2D eigenvalue weighted by atomic mass is 10.1. The van der Waals surface area contributed by atoms with Gasteiger partial charge in [0, 0.05) is 12.7 Å². The van der Waals surface area contributed by atoms with Crippen LogP contribution >= 0.6 is 0 Å². The monoisotopic (exact) mass is 315 g/mol. The first-order valence-corrected chi connectivity index (χ1v) is 7.31. The van der Waals surface area contributed by atoms with E-state index >= 15 is 0 Å². The molecule has 1 aromatic heterocycles. The van der Waals surface area contributed by atoms with Crippen molar-refractivity contribution in [2.24, 2.45) is 5.73 Å². The van der Waals surface area contributed by atoms with Crippen LogP contribution in [0.4, 0.5) is 5.69 Å². The maximum Gasteiger partial charge on any atom is 0.257 e. The second kappa shape index (κ2) is 7.11. The zero-order valence-corrected chi connectivity index (χ0v) is 13.6. The molecule has 6 heteroatoms. The Balaban J connectivity index is 1.99. The molecule has 0 unspecified atom stereocenters. The van der Waals surface area contributed by atoms with Crippen molar-refractivity contribution in [2.45, 2.75) is 20.4 Å². The summed E-state index contributed by atoms with van der Waals surface area (Å²) < 4.78 is 5.14. The van der Waals surface area contributed by atoms with Crippen LogP contribution in [0.25, 0.3) is 0 Å². The average Bonchev–Trinajstić information content (AvgIpc) is 3.00. The Labute approximate surface area is 135 Å².